The van der Waals surface area contributed by atoms with Gasteiger partial charge in [-0.2, -0.15) is 0 Å². The van der Waals surface area contributed by atoms with Crippen molar-refractivity contribution in [2.24, 2.45) is 5.73 Å². The number of hydrogen-bond acceptors (Lipinski definition) is 4. The number of aryl methyl sites for hydroxylation is 3. The Morgan fingerprint density at radius 2 is 2.06 bits per heavy atom. The molecule has 2 rings (SSSR count). The second-order valence-electron chi connectivity index (χ2n) is 4.21. The highest BCUT2D eigenvalue weighted by molar-refractivity contribution is 7.14. The summed E-state index contributed by atoms with van der Waals surface area (Å²) >= 11 is 1.67. The van der Waals surface area contributed by atoms with Crippen molar-refractivity contribution in [2.45, 2.75) is 26.7 Å². The van der Waals surface area contributed by atoms with Gasteiger partial charge in [-0.05, 0) is 32.4 Å². The number of rotatable bonds is 4. The normalized spacial score (nSPS) is 10.8. The lowest BCUT2D eigenvalue weighted by Crippen LogP contribution is -1.99. The predicted molar refractivity (Wildman–Crippen MR) is 72.2 cm³/mol. The first-order valence-electron chi connectivity index (χ1n) is 5.81. The van der Waals surface area contributed by atoms with Crippen molar-refractivity contribution >= 4 is 11.3 Å². The Hall–Kier alpha value is -1.26. The van der Waals surface area contributed by atoms with Gasteiger partial charge in [-0.1, -0.05) is 35.1 Å². The average Bonchev–Trinajstić information content (AvgIpc) is 2.75. The Balaban J connectivity index is 2.24. The van der Waals surface area contributed by atoms with Crippen LogP contribution >= 0.6 is 11.3 Å². The fraction of sp³-hybridized carbons (Fsp3) is 0.385. The first kappa shape index (κ1) is 12.2. The molecule has 2 aromatic rings. The molecule has 2 N–H and O–H groups in total. The van der Waals surface area contributed by atoms with Gasteiger partial charge in [-0.3, -0.25) is 0 Å². The van der Waals surface area contributed by atoms with E-state index in [1.54, 1.807) is 11.3 Å². The van der Waals surface area contributed by atoms with Crippen LogP contribution in [0, 0.1) is 13.8 Å². The van der Waals surface area contributed by atoms with Crippen molar-refractivity contribution in [1.29, 1.82) is 0 Å². The number of benzene rings is 1. The number of aromatic nitrogens is 2. The number of hydrogen-bond donors (Lipinski definition) is 1. The Morgan fingerprint density at radius 1 is 1.24 bits per heavy atom. The van der Waals surface area contributed by atoms with Crippen molar-refractivity contribution in [2.75, 3.05) is 6.54 Å². The molecule has 0 spiro atoms. The molecule has 0 saturated carbocycles. The minimum absolute atomic E-state index is 0.707. The average molecular weight is 247 g/mol. The van der Waals surface area contributed by atoms with Crippen molar-refractivity contribution in [3.05, 3.63) is 34.3 Å². The van der Waals surface area contributed by atoms with Crippen LogP contribution in [0.25, 0.3) is 10.6 Å². The maximum atomic E-state index is 5.49. The monoisotopic (exact) mass is 247 g/mol. The van der Waals surface area contributed by atoms with E-state index in [2.05, 4.69) is 42.2 Å². The van der Waals surface area contributed by atoms with E-state index < -0.39 is 0 Å². The van der Waals surface area contributed by atoms with Gasteiger partial charge < -0.3 is 5.73 Å². The van der Waals surface area contributed by atoms with Gasteiger partial charge in [0.2, 0.25) is 0 Å². The van der Waals surface area contributed by atoms with Crippen molar-refractivity contribution in [3.63, 3.8) is 0 Å². The molecule has 0 aliphatic carbocycles. The van der Waals surface area contributed by atoms with Crippen LogP contribution in [0.15, 0.2) is 18.2 Å². The zero-order chi connectivity index (χ0) is 12.3. The second-order valence-corrected chi connectivity index (χ2v) is 5.27. The maximum absolute atomic E-state index is 5.49. The van der Waals surface area contributed by atoms with Gasteiger partial charge in [0.1, 0.15) is 10.0 Å². The molecule has 3 nitrogen and oxygen atoms in total. The van der Waals surface area contributed by atoms with Crippen LogP contribution in [0.2, 0.25) is 0 Å². The van der Waals surface area contributed by atoms with Gasteiger partial charge in [0.15, 0.2) is 0 Å². The van der Waals surface area contributed by atoms with E-state index in [1.807, 2.05) is 0 Å². The third kappa shape index (κ3) is 2.90. The summed E-state index contributed by atoms with van der Waals surface area (Å²) in [5, 5.41) is 10.5. The second kappa shape index (κ2) is 5.38. The van der Waals surface area contributed by atoms with E-state index in [0.717, 1.165) is 22.9 Å². The molecule has 17 heavy (non-hydrogen) atoms. The van der Waals surface area contributed by atoms with E-state index in [-0.39, 0.29) is 0 Å². The lowest BCUT2D eigenvalue weighted by Gasteiger charge is -2.02. The largest absolute Gasteiger partial charge is 0.330 e. The van der Waals surface area contributed by atoms with Gasteiger partial charge in [-0.25, -0.2) is 0 Å². The fourth-order valence-corrected chi connectivity index (χ4v) is 2.74. The molecule has 1 aromatic heterocycles. The maximum Gasteiger partial charge on any atom is 0.148 e. The molecule has 0 unspecified atom stereocenters. The standard InChI is InChI=1S/C13H17N3S/c1-9-5-6-11(10(2)8-9)13-16-15-12(17-13)4-3-7-14/h5-6,8H,3-4,7,14H2,1-2H3. The lowest BCUT2D eigenvalue weighted by molar-refractivity contribution is 0.812. The molecule has 0 radical (unpaired) electrons. The molecule has 0 saturated heterocycles. The zero-order valence-corrected chi connectivity index (χ0v) is 11.0. The molecule has 4 heteroatoms. The predicted octanol–water partition coefficient (Wildman–Crippen LogP) is 2.71. The minimum Gasteiger partial charge on any atom is -0.330 e. The summed E-state index contributed by atoms with van der Waals surface area (Å²) in [5.74, 6) is 0. The van der Waals surface area contributed by atoms with E-state index in [1.165, 1.54) is 16.7 Å². The first-order valence-corrected chi connectivity index (χ1v) is 6.62. The van der Waals surface area contributed by atoms with Gasteiger partial charge >= 0.3 is 0 Å². The molecule has 0 atom stereocenters. The van der Waals surface area contributed by atoms with E-state index in [9.17, 15) is 0 Å². The highest BCUT2D eigenvalue weighted by Gasteiger charge is 2.08. The van der Waals surface area contributed by atoms with Crippen LogP contribution < -0.4 is 5.73 Å². The molecule has 0 fully saturated rings. The van der Waals surface area contributed by atoms with Crippen LogP contribution in [0.4, 0.5) is 0 Å². The van der Waals surface area contributed by atoms with E-state index in [4.69, 9.17) is 5.73 Å². The van der Waals surface area contributed by atoms with Crippen LogP contribution in [0.3, 0.4) is 0 Å². The summed E-state index contributed by atoms with van der Waals surface area (Å²) in [7, 11) is 0. The summed E-state index contributed by atoms with van der Waals surface area (Å²) in [6, 6.07) is 6.41. The molecular formula is C13H17N3S. The Morgan fingerprint density at radius 3 is 2.76 bits per heavy atom. The van der Waals surface area contributed by atoms with Gasteiger partial charge in [0, 0.05) is 12.0 Å². The molecule has 90 valence electrons. The highest BCUT2D eigenvalue weighted by Crippen LogP contribution is 2.27. The topological polar surface area (TPSA) is 51.8 Å². The summed E-state index contributed by atoms with van der Waals surface area (Å²) < 4.78 is 0. The quantitative estimate of drug-likeness (QED) is 0.903. The Kier molecular flexibility index (Phi) is 3.86. The number of nitrogens with two attached hydrogens (primary N) is 1. The lowest BCUT2D eigenvalue weighted by atomic mass is 10.1. The van der Waals surface area contributed by atoms with Crippen molar-refractivity contribution < 1.29 is 0 Å². The molecule has 0 amide bonds. The zero-order valence-electron chi connectivity index (χ0n) is 10.2. The smallest absolute Gasteiger partial charge is 0.148 e. The summed E-state index contributed by atoms with van der Waals surface area (Å²) in [5.41, 5.74) is 9.21. The Bertz CT molecular complexity index is 505. The highest BCUT2D eigenvalue weighted by atomic mass is 32.1. The van der Waals surface area contributed by atoms with Crippen LogP contribution in [0.1, 0.15) is 22.6 Å². The molecule has 1 heterocycles. The van der Waals surface area contributed by atoms with E-state index in [0.29, 0.717) is 6.54 Å². The van der Waals surface area contributed by atoms with Gasteiger partial charge in [0.05, 0.1) is 0 Å². The van der Waals surface area contributed by atoms with Gasteiger partial charge in [0.25, 0.3) is 0 Å². The SMILES string of the molecule is Cc1ccc(-c2nnc(CCCN)s2)c(C)c1. The summed E-state index contributed by atoms with van der Waals surface area (Å²) in [6.07, 6.45) is 1.90. The van der Waals surface area contributed by atoms with Crippen molar-refractivity contribution in [3.8, 4) is 10.6 Å². The molecule has 0 aliphatic rings. The van der Waals surface area contributed by atoms with E-state index >= 15 is 0 Å². The third-order valence-electron chi connectivity index (χ3n) is 2.67. The fourth-order valence-electron chi connectivity index (χ4n) is 1.77. The van der Waals surface area contributed by atoms with Gasteiger partial charge in [-0.15, -0.1) is 10.2 Å². The molecule has 0 bridgehead atoms. The summed E-state index contributed by atoms with van der Waals surface area (Å²) in [6.45, 7) is 4.92. The molecular weight excluding hydrogens is 230 g/mol. The van der Waals surface area contributed by atoms with Crippen LogP contribution in [0.5, 0.6) is 0 Å². The minimum atomic E-state index is 0.707. The van der Waals surface area contributed by atoms with Crippen molar-refractivity contribution in [1.82, 2.24) is 10.2 Å². The van der Waals surface area contributed by atoms with Crippen LogP contribution in [-0.2, 0) is 6.42 Å². The third-order valence-corrected chi connectivity index (χ3v) is 3.69. The molecule has 1 aromatic carbocycles. The number of nitrogens with zero attached hydrogens (tertiary/aromatic N) is 2. The molecule has 0 aliphatic heterocycles. The van der Waals surface area contributed by atoms with Crippen LogP contribution in [-0.4, -0.2) is 16.7 Å². The summed E-state index contributed by atoms with van der Waals surface area (Å²) in [4.78, 5) is 0. The Labute approximate surface area is 106 Å². The first-order chi connectivity index (χ1) is 8.20.